The average molecular weight is 520 g/mol. The molecule has 0 bridgehead atoms. The number of anilines is 1. The van der Waals surface area contributed by atoms with Crippen molar-refractivity contribution in [1.29, 1.82) is 0 Å². The summed E-state index contributed by atoms with van der Waals surface area (Å²) in [6.07, 6.45) is 1.84. The molecule has 2 aliphatic heterocycles. The second-order valence-electron chi connectivity index (χ2n) is 8.89. The van der Waals surface area contributed by atoms with Gasteiger partial charge >= 0.3 is 0 Å². The Balaban J connectivity index is 1.27. The third kappa shape index (κ3) is 5.84. The third-order valence-corrected chi connectivity index (χ3v) is 7.49. The van der Waals surface area contributed by atoms with E-state index in [9.17, 15) is 9.18 Å². The van der Waals surface area contributed by atoms with Gasteiger partial charge in [0.15, 0.2) is 4.32 Å². The van der Waals surface area contributed by atoms with Crippen molar-refractivity contribution in [3.63, 3.8) is 0 Å². The molecule has 2 heterocycles. The largest absolute Gasteiger partial charge is 0.457 e. The number of carbonyl (C=O) groups excluding carboxylic acids is 1. The quantitative estimate of drug-likeness (QED) is 0.304. The SMILES string of the molecule is CN1CCN(Cc2cccc(N3C(=O)/C(=C/c4ccc(Oc5ccc(F)cc5)cc4)SC3=S)c2)CC1. The van der Waals surface area contributed by atoms with Crippen molar-refractivity contribution in [2.45, 2.75) is 6.54 Å². The number of thiocarbonyl (C=S) groups is 1. The van der Waals surface area contributed by atoms with Crippen LogP contribution in [0.5, 0.6) is 11.5 Å². The van der Waals surface area contributed by atoms with E-state index in [2.05, 4.69) is 29.0 Å². The molecule has 2 fully saturated rings. The smallest absolute Gasteiger partial charge is 0.270 e. The Labute approximate surface area is 220 Å². The van der Waals surface area contributed by atoms with E-state index < -0.39 is 0 Å². The highest BCUT2D eigenvalue weighted by atomic mass is 32.2. The fraction of sp³-hybridized carbons (Fsp3) is 0.214. The highest BCUT2D eigenvalue weighted by Gasteiger charge is 2.33. The number of likely N-dealkylation sites (N-methyl/N-ethyl adjacent to an activating group) is 1. The van der Waals surface area contributed by atoms with Gasteiger partial charge in [0.2, 0.25) is 0 Å². The molecule has 2 aliphatic rings. The Morgan fingerprint density at radius 3 is 2.33 bits per heavy atom. The first-order chi connectivity index (χ1) is 17.4. The molecule has 8 heteroatoms. The molecule has 0 spiro atoms. The fourth-order valence-electron chi connectivity index (χ4n) is 4.17. The molecular formula is C28H26FN3O2S2. The summed E-state index contributed by atoms with van der Waals surface area (Å²) < 4.78 is 19.4. The maximum atomic E-state index is 13.3. The van der Waals surface area contributed by atoms with E-state index in [1.54, 1.807) is 17.0 Å². The van der Waals surface area contributed by atoms with Crippen LogP contribution in [0.15, 0.2) is 77.7 Å². The van der Waals surface area contributed by atoms with E-state index in [0.717, 1.165) is 44.0 Å². The Hall–Kier alpha value is -3.04. The molecular weight excluding hydrogens is 493 g/mol. The highest BCUT2D eigenvalue weighted by molar-refractivity contribution is 8.27. The number of rotatable bonds is 6. The number of benzene rings is 3. The zero-order chi connectivity index (χ0) is 25.1. The Bertz CT molecular complexity index is 1290. The maximum Gasteiger partial charge on any atom is 0.270 e. The highest BCUT2D eigenvalue weighted by Crippen LogP contribution is 2.36. The van der Waals surface area contributed by atoms with Crippen molar-refractivity contribution in [3.8, 4) is 11.5 Å². The number of hydrogen-bond acceptors (Lipinski definition) is 6. The average Bonchev–Trinajstić information content (AvgIpc) is 3.16. The van der Waals surface area contributed by atoms with Crippen LogP contribution < -0.4 is 9.64 Å². The van der Waals surface area contributed by atoms with Crippen LogP contribution in [0.3, 0.4) is 0 Å². The lowest BCUT2D eigenvalue weighted by Crippen LogP contribution is -2.43. The van der Waals surface area contributed by atoms with Gasteiger partial charge in [-0.25, -0.2) is 4.39 Å². The predicted octanol–water partition coefficient (Wildman–Crippen LogP) is 5.77. The van der Waals surface area contributed by atoms with Gasteiger partial charge in [-0.1, -0.05) is 48.2 Å². The molecule has 0 saturated carbocycles. The van der Waals surface area contributed by atoms with E-state index in [-0.39, 0.29) is 11.7 Å². The number of hydrogen-bond donors (Lipinski definition) is 0. The molecule has 0 N–H and O–H groups in total. The third-order valence-electron chi connectivity index (χ3n) is 6.19. The van der Waals surface area contributed by atoms with E-state index in [1.807, 2.05) is 42.5 Å². The standard InChI is InChI=1S/C28H26FN3O2S2/c1-30-13-15-31(16-14-30)19-21-3-2-4-23(17-21)32-27(33)26(36-28(32)35)18-20-5-9-24(10-6-20)34-25-11-7-22(29)8-12-25/h2-12,17-18H,13-16,19H2,1H3/b26-18-. The molecule has 2 saturated heterocycles. The van der Waals surface area contributed by atoms with Crippen molar-refractivity contribution >= 4 is 46.0 Å². The number of nitrogens with zero attached hydrogens (tertiary/aromatic N) is 3. The van der Waals surface area contributed by atoms with Crippen molar-refractivity contribution in [3.05, 3.63) is 94.6 Å². The van der Waals surface area contributed by atoms with Gasteiger partial charge in [-0.05, 0) is 72.8 Å². The lowest BCUT2D eigenvalue weighted by molar-refractivity contribution is -0.113. The number of piperazine rings is 1. The van der Waals surface area contributed by atoms with E-state index in [4.69, 9.17) is 17.0 Å². The van der Waals surface area contributed by atoms with Crippen LogP contribution in [-0.4, -0.2) is 53.3 Å². The molecule has 1 amide bonds. The minimum Gasteiger partial charge on any atom is -0.457 e. The molecule has 0 aromatic heterocycles. The lowest BCUT2D eigenvalue weighted by atomic mass is 10.1. The normalized spacial score (nSPS) is 18.3. The summed E-state index contributed by atoms with van der Waals surface area (Å²) in [6.45, 7) is 5.08. The summed E-state index contributed by atoms with van der Waals surface area (Å²) in [7, 11) is 2.15. The number of thioether (sulfide) groups is 1. The van der Waals surface area contributed by atoms with Gasteiger partial charge in [-0.2, -0.15) is 0 Å². The second-order valence-corrected chi connectivity index (χ2v) is 10.6. The van der Waals surface area contributed by atoms with Gasteiger partial charge in [0.1, 0.15) is 17.3 Å². The fourth-order valence-corrected chi connectivity index (χ4v) is 5.47. The van der Waals surface area contributed by atoms with Crippen LogP contribution in [0.4, 0.5) is 10.1 Å². The molecule has 3 aromatic carbocycles. The summed E-state index contributed by atoms with van der Waals surface area (Å²) in [5, 5.41) is 0. The monoisotopic (exact) mass is 519 g/mol. The first-order valence-corrected chi connectivity index (χ1v) is 13.0. The zero-order valence-electron chi connectivity index (χ0n) is 19.9. The molecule has 3 aromatic rings. The molecule has 184 valence electrons. The van der Waals surface area contributed by atoms with Crippen LogP contribution >= 0.6 is 24.0 Å². The van der Waals surface area contributed by atoms with Gasteiger partial charge in [-0.3, -0.25) is 14.6 Å². The van der Waals surface area contributed by atoms with Crippen LogP contribution in [0.25, 0.3) is 6.08 Å². The first-order valence-electron chi connectivity index (χ1n) is 11.8. The van der Waals surface area contributed by atoms with Gasteiger partial charge < -0.3 is 9.64 Å². The summed E-state index contributed by atoms with van der Waals surface area (Å²) in [5.74, 6) is 0.758. The van der Waals surface area contributed by atoms with Gasteiger partial charge in [0, 0.05) is 32.7 Å². The number of carbonyl (C=O) groups is 1. The van der Waals surface area contributed by atoms with E-state index in [0.29, 0.717) is 20.7 Å². The van der Waals surface area contributed by atoms with Gasteiger partial charge in [0.25, 0.3) is 5.91 Å². The Morgan fingerprint density at radius 2 is 1.64 bits per heavy atom. The second kappa shape index (κ2) is 10.9. The minimum absolute atomic E-state index is 0.117. The zero-order valence-corrected chi connectivity index (χ0v) is 21.5. The molecule has 5 nitrogen and oxygen atoms in total. The summed E-state index contributed by atoms with van der Waals surface area (Å²) in [6, 6.07) is 21.3. The lowest BCUT2D eigenvalue weighted by Gasteiger charge is -2.32. The van der Waals surface area contributed by atoms with Crippen LogP contribution in [-0.2, 0) is 11.3 Å². The van der Waals surface area contributed by atoms with Gasteiger partial charge in [-0.15, -0.1) is 0 Å². The van der Waals surface area contributed by atoms with Crippen molar-refractivity contribution < 1.29 is 13.9 Å². The topological polar surface area (TPSA) is 36.0 Å². The molecule has 0 atom stereocenters. The van der Waals surface area contributed by atoms with Crippen LogP contribution in [0, 0.1) is 5.82 Å². The molecule has 36 heavy (non-hydrogen) atoms. The Kier molecular flexibility index (Phi) is 7.48. The molecule has 0 unspecified atom stereocenters. The number of ether oxygens (including phenoxy) is 1. The van der Waals surface area contributed by atoms with E-state index in [1.165, 1.54) is 29.5 Å². The van der Waals surface area contributed by atoms with Crippen LogP contribution in [0.1, 0.15) is 11.1 Å². The predicted molar refractivity (Wildman–Crippen MR) is 148 cm³/mol. The molecule has 0 radical (unpaired) electrons. The summed E-state index contributed by atoms with van der Waals surface area (Å²) in [4.78, 5) is 20.2. The number of amides is 1. The summed E-state index contributed by atoms with van der Waals surface area (Å²) in [5.41, 5.74) is 2.84. The van der Waals surface area contributed by atoms with E-state index >= 15 is 0 Å². The Morgan fingerprint density at radius 1 is 0.972 bits per heavy atom. The van der Waals surface area contributed by atoms with Crippen molar-refractivity contribution in [2.24, 2.45) is 0 Å². The number of halogens is 1. The molecule has 5 rings (SSSR count). The minimum atomic E-state index is -0.309. The summed E-state index contributed by atoms with van der Waals surface area (Å²) >= 11 is 6.89. The van der Waals surface area contributed by atoms with Crippen LogP contribution in [0.2, 0.25) is 0 Å². The van der Waals surface area contributed by atoms with Crippen molar-refractivity contribution in [1.82, 2.24) is 9.80 Å². The van der Waals surface area contributed by atoms with Crippen molar-refractivity contribution in [2.75, 3.05) is 38.1 Å². The first kappa shape index (κ1) is 24.6. The maximum absolute atomic E-state index is 13.3. The van der Waals surface area contributed by atoms with Gasteiger partial charge in [0.05, 0.1) is 10.6 Å². The molecule has 0 aliphatic carbocycles.